The van der Waals surface area contributed by atoms with E-state index in [0.717, 1.165) is 61.2 Å². The number of para-hydroxylation sites is 3. The molecule has 0 aliphatic carbocycles. The van der Waals surface area contributed by atoms with Crippen LogP contribution in [0.2, 0.25) is 0 Å². The third-order valence-corrected chi connectivity index (χ3v) is 6.05. The van der Waals surface area contributed by atoms with Crippen molar-refractivity contribution in [3.8, 4) is 5.75 Å². The molecule has 1 aliphatic heterocycles. The standard InChI is InChI=1S/C27H28FN3O/c28-21-13-14-25-24(16-21)20(17-30-25)8-6-7-15-29-18-23-19-31(22-9-2-1-3-10-22)26-11-4-5-12-27(26)32-23/h1-5,9-14,16-17,23,29-30H,6-8,15,18-19H2. The van der Waals surface area contributed by atoms with Crippen LogP contribution in [0, 0.1) is 5.82 Å². The van der Waals surface area contributed by atoms with E-state index in [0.29, 0.717) is 0 Å². The van der Waals surface area contributed by atoms with Crippen LogP contribution < -0.4 is 15.0 Å². The summed E-state index contributed by atoms with van der Waals surface area (Å²) in [6.07, 6.45) is 5.15. The average Bonchev–Trinajstić information content (AvgIpc) is 3.23. The SMILES string of the molecule is Fc1ccc2[nH]cc(CCCCNCC3CN(c4ccccc4)c4ccccc4O3)c2c1. The van der Waals surface area contributed by atoms with E-state index in [-0.39, 0.29) is 11.9 Å². The summed E-state index contributed by atoms with van der Waals surface area (Å²) in [5.74, 6) is 0.750. The highest BCUT2D eigenvalue weighted by Gasteiger charge is 2.26. The number of aromatic amines is 1. The number of rotatable bonds is 8. The van der Waals surface area contributed by atoms with Crippen molar-refractivity contribution in [2.24, 2.45) is 0 Å². The molecule has 1 aromatic heterocycles. The fraction of sp³-hybridized carbons (Fsp3) is 0.259. The highest BCUT2D eigenvalue weighted by Crippen LogP contribution is 2.37. The summed E-state index contributed by atoms with van der Waals surface area (Å²) in [5, 5.41) is 4.56. The minimum atomic E-state index is -0.182. The third kappa shape index (κ3) is 4.48. The molecular formula is C27H28FN3O. The maximum atomic E-state index is 13.5. The summed E-state index contributed by atoms with van der Waals surface area (Å²) < 4.78 is 19.8. The molecule has 2 N–H and O–H groups in total. The predicted molar refractivity (Wildman–Crippen MR) is 128 cm³/mol. The summed E-state index contributed by atoms with van der Waals surface area (Å²) in [5.41, 5.74) is 4.48. The predicted octanol–water partition coefficient (Wildman–Crippen LogP) is 5.82. The first-order valence-electron chi connectivity index (χ1n) is 11.3. The Labute approximate surface area is 188 Å². The molecule has 0 radical (unpaired) electrons. The molecule has 164 valence electrons. The van der Waals surface area contributed by atoms with Gasteiger partial charge in [-0.3, -0.25) is 0 Å². The Kier molecular flexibility index (Phi) is 6.08. The molecule has 5 rings (SSSR count). The van der Waals surface area contributed by atoms with Gasteiger partial charge in [-0.15, -0.1) is 0 Å². The number of H-pyrrole nitrogens is 1. The molecule has 5 heteroatoms. The van der Waals surface area contributed by atoms with E-state index < -0.39 is 0 Å². The molecule has 1 atom stereocenters. The van der Waals surface area contributed by atoms with Crippen LogP contribution in [-0.2, 0) is 6.42 Å². The van der Waals surface area contributed by atoms with Crippen molar-refractivity contribution in [3.05, 3.63) is 90.4 Å². The van der Waals surface area contributed by atoms with Crippen molar-refractivity contribution >= 4 is 22.3 Å². The van der Waals surface area contributed by atoms with E-state index >= 15 is 0 Å². The number of ether oxygens (including phenoxy) is 1. The van der Waals surface area contributed by atoms with Gasteiger partial charge in [-0.2, -0.15) is 0 Å². The van der Waals surface area contributed by atoms with Gasteiger partial charge >= 0.3 is 0 Å². The lowest BCUT2D eigenvalue weighted by Crippen LogP contribution is -2.43. The van der Waals surface area contributed by atoms with Crippen LogP contribution in [0.25, 0.3) is 10.9 Å². The fourth-order valence-corrected chi connectivity index (χ4v) is 4.44. The molecule has 1 aliphatic rings. The zero-order chi connectivity index (χ0) is 21.8. The number of nitrogens with zero attached hydrogens (tertiary/aromatic N) is 1. The minimum absolute atomic E-state index is 0.0849. The van der Waals surface area contributed by atoms with Crippen molar-refractivity contribution < 1.29 is 9.13 Å². The van der Waals surface area contributed by atoms with Crippen LogP contribution in [0.4, 0.5) is 15.8 Å². The Morgan fingerprint density at radius 3 is 2.75 bits per heavy atom. The smallest absolute Gasteiger partial charge is 0.143 e. The molecule has 0 fully saturated rings. The zero-order valence-electron chi connectivity index (χ0n) is 18.1. The lowest BCUT2D eigenvalue weighted by molar-refractivity contribution is 0.194. The van der Waals surface area contributed by atoms with Gasteiger partial charge in [0.2, 0.25) is 0 Å². The lowest BCUT2D eigenvalue weighted by atomic mass is 10.1. The van der Waals surface area contributed by atoms with Crippen LogP contribution in [0.1, 0.15) is 18.4 Å². The van der Waals surface area contributed by atoms with Gasteiger partial charge in [-0.1, -0.05) is 30.3 Å². The summed E-state index contributed by atoms with van der Waals surface area (Å²) in [6, 6.07) is 23.6. The molecule has 2 heterocycles. The molecule has 0 spiro atoms. The van der Waals surface area contributed by atoms with Gasteiger partial charge in [0.15, 0.2) is 0 Å². The van der Waals surface area contributed by atoms with Gasteiger partial charge in [0.05, 0.1) is 12.2 Å². The van der Waals surface area contributed by atoms with E-state index in [4.69, 9.17) is 4.74 Å². The van der Waals surface area contributed by atoms with Gasteiger partial charge < -0.3 is 19.9 Å². The molecular weight excluding hydrogens is 401 g/mol. The number of aromatic nitrogens is 1. The maximum Gasteiger partial charge on any atom is 0.143 e. The third-order valence-electron chi connectivity index (χ3n) is 6.05. The second kappa shape index (κ2) is 9.45. The number of benzene rings is 3. The van der Waals surface area contributed by atoms with E-state index in [1.807, 2.05) is 24.4 Å². The molecule has 0 saturated carbocycles. The quantitative estimate of drug-likeness (QED) is 0.347. The van der Waals surface area contributed by atoms with Gasteiger partial charge in [0.1, 0.15) is 17.7 Å². The van der Waals surface area contributed by atoms with Crippen LogP contribution in [0.15, 0.2) is 79.0 Å². The normalized spacial score (nSPS) is 15.5. The number of halogens is 1. The second-order valence-corrected chi connectivity index (χ2v) is 8.32. The first kappa shape index (κ1) is 20.6. The highest BCUT2D eigenvalue weighted by atomic mass is 19.1. The van der Waals surface area contributed by atoms with Crippen molar-refractivity contribution in [2.45, 2.75) is 25.4 Å². The van der Waals surface area contributed by atoms with Gasteiger partial charge in [-0.25, -0.2) is 4.39 Å². The number of nitrogens with one attached hydrogen (secondary N) is 2. The van der Waals surface area contributed by atoms with E-state index in [2.05, 4.69) is 51.6 Å². The molecule has 0 amide bonds. The molecule has 4 nitrogen and oxygen atoms in total. The van der Waals surface area contributed by atoms with Crippen molar-refractivity contribution in [2.75, 3.05) is 24.5 Å². The average molecular weight is 430 g/mol. The van der Waals surface area contributed by atoms with Crippen LogP contribution in [0.5, 0.6) is 5.75 Å². The largest absolute Gasteiger partial charge is 0.485 e. The minimum Gasteiger partial charge on any atom is -0.485 e. The van der Waals surface area contributed by atoms with Gasteiger partial charge in [0, 0.05) is 29.3 Å². The number of unbranched alkanes of at least 4 members (excludes halogenated alkanes) is 1. The summed E-state index contributed by atoms with van der Waals surface area (Å²) in [4.78, 5) is 5.57. The van der Waals surface area contributed by atoms with Crippen LogP contribution in [0.3, 0.4) is 0 Å². The Morgan fingerprint density at radius 1 is 1.00 bits per heavy atom. The van der Waals surface area contributed by atoms with Crippen molar-refractivity contribution in [1.29, 1.82) is 0 Å². The molecule has 3 aromatic carbocycles. The van der Waals surface area contributed by atoms with Gasteiger partial charge in [0.25, 0.3) is 0 Å². The van der Waals surface area contributed by atoms with Crippen LogP contribution in [-0.4, -0.2) is 30.7 Å². The Balaban J connectivity index is 1.12. The molecule has 1 unspecified atom stereocenters. The second-order valence-electron chi connectivity index (χ2n) is 8.32. The highest BCUT2D eigenvalue weighted by molar-refractivity contribution is 5.83. The Bertz CT molecular complexity index is 1170. The molecule has 0 bridgehead atoms. The number of fused-ring (bicyclic) bond motifs is 2. The Hall–Kier alpha value is -3.31. The molecule has 32 heavy (non-hydrogen) atoms. The Morgan fingerprint density at radius 2 is 1.84 bits per heavy atom. The number of hydrogen-bond donors (Lipinski definition) is 2. The summed E-state index contributed by atoms with van der Waals surface area (Å²) in [7, 11) is 0. The van der Waals surface area contributed by atoms with Crippen molar-refractivity contribution in [1.82, 2.24) is 10.3 Å². The fourth-order valence-electron chi connectivity index (χ4n) is 4.44. The lowest BCUT2D eigenvalue weighted by Gasteiger charge is -2.36. The summed E-state index contributed by atoms with van der Waals surface area (Å²) in [6.45, 7) is 2.55. The van der Waals surface area contributed by atoms with E-state index in [1.54, 1.807) is 12.1 Å². The number of aryl methyl sites for hydroxylation is 1. The first-order valence-corrected chi connectivity index (χ1v) is 11.3. The number of anilines is 2. The first-order chi connectivity index (χ1) is 15.8. The van der Waals surface area contributed by atoms with E-state index in [1.165, 1.54) is 17.3 Å². The molecule has 4 aromatic rings. The monoisotopic (exact) mass is 429 g/mol. The van der Waals surface area contributed by atoms with Crippen molar-refractivity contribution in [3.63, 3.8) is 0 Å². The topological polar surface area (TPSA) is 40.3 Å². The zero-order valence-corrected chi connectivity index (χ0v) is 18.1. The maximum absolute atomic E-state index is 13.5. The van der Waals surface area contributed by atoms with E-state index in [9.17, 15) is 4.39 Å². The van der Waals surface area contributed by atoms with Gasteiger partial charge in [-0.05, 0) is 73.8 Å². The van der Waals surface area contributed by atoms with Crippen LogP contribution >= 0.6 is 0 Å². The number of hydrogen-bond acceptors (Lipinski definition) is 3. The molecule has 0 saturated heterocycles. The summed E-state index contributed by atoms with van der Waals surface area (Å²) >= 11 is 0.